The molecule has 0 nitrogen and oxygen atoms in total. The second-order valence-corrected chi connectivity index (χ2v) is 6.95. The summed E-state index contributed by atoms with van der Waals surface area (Å²) in [6, 6.07) is 4.62. The van der Waals surface area contributed by atoms with Crippen molar-refractivity contribution in [2.75, 3.05) is 0 Å². The molecule has 0 fully saturated rings. The zero-order valence-electron chi connectivity index (χ0n) is 10.9. The van der Waals surface area contributed by atoms with E-state index in [1.807, 2.05) is 11.3 Å². The molecule has 0 spiro atoms. The molecular formula is C14H24S. The number of hydrogen-bond donors (Lipinski definition) is 0. The molecule has 1 aromatic heterocycles. The van der Waals surface area contributed by atoms with Gasteiger partial charge in [-0.15, -0.1) is 11.3 Å². The van der Waals surface area contributed by atoms with Gasteiger partial charge in [-0.05, 0) is 35.8 Å². The zero-order chi connectivity index (χ0) is 11.6. The summed E-state index contributed by atoms with van der Waals surface area (Å²) in [5.41, 5.74) is 0.339. The smallest absolute Gasteiger partial charge is 0.0105 e. The summed E-state index contributed by atoms with van der Waals surface area (Å²) in [5, 5.41) is 0. The third-order valence-corrected chi connectivity index (χ3v) is 4.53. The minimum absolute atomic E-state index is 0.339. The lowest BCUT2D eigenvalue weighted by molar-refractivity contribution is 0.406. The highest BCUT2D eigenvalue weighted by Gasteiger charge is 2.23. The van der Waals surface area contributed by atoms with Gasteiger partial charge in [-0.1, -0.05) is 41.5 Å². The molecule has 1 heterocycles. The van der Waals surface area contributed by atoms with Crippen LogP contribution in [0.5, 0.6) is 0 Å². The van der Waals surface area contributed by atoms with Crippen LogP contribution in [0.15, 0.2) is 12.1 Å². The first-order chi connectivity index (χ1) is 6.83. The Kier molecular flexibility index (Phi) is 3.99. The van der Waals surface area contributed by atoms with E-state index in [2.05, 4.69) is 53.7 Å². The van der Waals surface area contributed by atoms with Crippen LogP contribution >= 0.6 is 11.3 Å². The van der Waals surface area contributed by atoms with Crippen LogP contribution in [0.25, 0.3) is 0 Å². The Bertz CT molecular complexity index is 305. The van der Waals surface area contributed by atoms with E-state index in [1.165, 1.54) is 11.3 Å². The summed E-state index contributed by atoms with van der Waals surface area (Å²) in [6.45, 7) is 13.9. The van der Waals surface area contributed by atoms with Gasteiger partial charge in [0.05, 0.1) is 0 Å². The average Bonchev–Trinajstić information content (AvgIpc) is 2.48. The molecule has 15 heavy (non-hydrogen) atoms. The normalized spacial score (nSPS) is 12.8. The molecule has 1 heteroatoms. The van der Waals surface area contributed by atoms with E-state index in [0.717, 1.165) is 5.92 Å². The van der Waals surface area contributed by atoms with E-state index in [1.54, 1.807) is 4.88 Å². The summed E-state index contributed by atoms with van der Waals surface area (Å²) < 4.78 is 0. The molecule has 0 bridgehead atoms. The molecule has 0 aliphatic rings. The van der Waals surface area contributed by atoms with Gasteiger partial charge in [0, 0.05) is 9.75 Å². The lowest BCUT2D eigenvalue weighted by Crippen LogP contribution is -2.17. The SMILES string of the molecule is CC(C)CC(C)(C)c1ccc(C(C)C)s1. The Balaban J connectivity index is 2.85. The highest BCUT2D eigenvalue weighted by Crippen LogP contribution is 2.36. The maximum absolute atomic E-state index is 2.36. The Morgan fingerprint density at radius 1 is 1.13 bits per heavy atom. The lowest BCUT2D eigenvalue weighted by Gasteiger charge is -2.25. The van der Waals surface area contributed by atoms with Crippen molar-refractivity contribution in [2.45, 2.75) is 59.3 Å². The first-order valence-electron chi connectivity index (χ1n) is 5.93. The van der Waals surface area contributed by atoms with Crippen LogP contribution in [0.3, 0.4) is 0 Å². The third kappa shape index (κ3) is 3.34. The van der Waals surface area contributed by atoms with Crippen molar-refractivity contribution in [3.8, 4) is 0 Å². The molecular weight excluding hydrogens is 200 g/mol. The molecule has 0 saturated carbocycles. The fraction of sp³-hybridized carbons (Fsp3) is 0.714. The molecule has 0 amide bonds. The quantitative estimate of drug-likeness (QED) is 0.660. The van der Waals surface area contributed by atoms with E-state index in [0.29, 0.717) is 11.3 Å². The standard InChI is InChI=1S/C14H24S/c1-10(2)9-14(5,6)13-8-7-12(15-13)11(3)4/h7-8,10-11H,9H2,1-6H3. The van der Waals surface area contributed by atoms with Crippen LogP contribution in [0.2, 0.25) is 0 Å². The molecule has 0 aliphatic heterocycles. The molecule has 0 unspecified atom stereocenters. The summed E-state index contributed by atoms with van der Waals surface area (Å²) in [5.74, 6) is 1.43. The van der Waals surface area contributed by atoms with Gasteiger partial charge in [0.15, 0.2) is 0 Å². The van der Waals surface area contributed by atoms with E-state index in [-0.39, 0.29) is 0 Å². The fourth-order valence-electron chi connectivity index (χ4n) is 2.15. The van der Waals surface area contributed by atoms with Crippen molar-refractivity contribution < 1.29 is 0 Å². The van der Waals surface area contributed by atoms with Crippen LogP contribution in [0.4, 0.5) is 0 Å². The summed E-state index contributed by atoms with van der Waals surface area (Å²) in [4.78, 5) is 3.06. The van der Waals surface area contributed by atoms with Crippen LogP contribution in [-0.2, 0) is 5.41 Å². The van der Waals surface area contributed by atoms with E-state index in [9.17, 15) is 0 Å². The first kappa shape index (κ1) is 12.8. The molecule has 1 rings (SSSR count). The van der Waals surface area contributed by atoms with Crippen molar-refractivity contribution in [1.82, 2.24) is 0 Å². The van der Waals surface area contributed by atoms with Gasteiger partial charge >= 0.3 is 0 Å². The van der Waals surface area contributed by atoms with Gasteiger partial charge in [-0.3, -0.25) is 0 Å². The number of hydrogen-bond acceptors (Lipinski definition) is 1. The zero-order valence-corrected chi connectivity index (χ0v) is 11.7. The summed E-state index contributed by atoms with van der Waals surface area (Å²) in [6.07, 6.45) is 1.27. The Labute approximate surface area is 98.7 Å². The highest BCUT2D eigenvalue weighted by molar-refractivity contribution is 7.12. The number of thiophene rings is 1. The maximum atomic E-state index is 2.36. The third-order valence-electron chi connectivity index (χ3n) is 2.78. The van der Waals surface area contributed by atoms with Crippen LogP contribution < -0.4 is 0 Å². The molecule has 0 aromatic carbocycles. The van der Waals surface area contributed by atoms with E-state index in [4.69, 9.17) is 0 Å². The van der Waals surface area contributed by atoms with Crippen LogP contribution in [0.1, 0.15) is 63.6 Å². The van der Waals surface area contributed by atoms with Crippen molar-refractivity contribution in [1.29, 1.82) is 0 Å². The summed E-state index contributed by atoms with van der Waals surface area (Å²) >= 11 is 1.99. The largest absolute Gasteiger partial charge is 0.145 e. The second-order valence-electron chi connectivity index (χ2n) is 5.84. The van der Waals surface area contributed by atoms with Crippen LogP contribution in [-0.4, -0.2) is 0 Å². The van der Waals surface area contributed by atoms with Gasteiger partial charge < -0.3 is 0 Å². The van der Waals surface area contributed by atoms with Crippen molar-refractivity contribution in [3.05, 3.63) is 21.9 Å². The Hall–Kier alpha value is -0.300. The average molecular weight is 224 g/mol. The topological polar surface area (TPSA) is 0 Å². The van der Waals surface area contributed by atoms with Gasteiger partial charge in [0.2, 0.25) is 0 Å². The Morgan fingerprint density at radius 2 is 1.73 bits per heavy atom. The molecule has 86 valence electrons. The molecule has 1 aromatic rings. The molecule has 0 aliphatic carbocycles. The summed E-state index contributed by atoms with van der Waals surface area (Å²) in [7, 11) is 0. The highest BCUT2D eigenvalue weighted by atomic mass is 32.1. The second kappa shape index (κ2) is 4.69. The van der Waals surface area contributed by atoms with Crippen molar-refractivity contribution >= 4 is 11.3 Å². The Morgan fingerprint density at radius 3 is 2.13 bits per heavy atom. The van der Waals surface area contributed by atoms with Crippen LogP contribution in [0, 0.1) is 5.92 Å². The molecule has 0 radical (unpaired) electrons. The molecule has 0 saturated heterocycles. The monoisotopic (exact) mass is 224 g/mol. The first-order valence-corrected chi connectivity index (χ1v) is 6.75. The van der Waals surface area contributed by atoms with Gasteiger partial charge in [-0.25, -0.2) is 0 Å². The fourth-order valence-corrected chi connectivity index (χ4v) is 3.27. The van der Waals surface area contributed by atoms with E-state index >= 15 is 0 Å². The van der Waals surface area contributed by atoms with Gasteiger partial charge in [0.1, 0.15) is 0 Å². The lowest BCUT2D eigenvalue weighted by atomic mass is 9.83. The van der Waals surface area contributed by atoms with Crippen molar-refractivity contribution in [3.63, 3.8) is 0 Å². The predicted octanol–water partition coefficient (Wildman–Crippen LogP) is 5.20. The minimum Gasteiger partial charge on any atom is -0.145 e. The number of rotatable bonds is 4. The maximum Gasteiger partial charge on any atom is 0.0105 e. The van der Waals surface area contributed by atoms with E-state index < -0.39 is 0 Å². The molecule has 0 atom stereocenters. The van der Waals surface area contributed by atoms with Gasteiger partial charge in [0.25, 0.3) is 0 Å². The van der Waals surface area contributed by atoms with Crippen molar-refractivity contribution in [2.24, 2.45) is 5.92 Å². The van der Waals surface area contributed by atoms with Gasteiger partial charge in [-0.2, -0.15) is 0 Å². The molecule has 0 N–H and O–H groups in total. The minimum atomic E-state index is 0.339. The predicted molar refractivity (Wildman–Crippen MR) is 70.9 cm³/mol.